The lowest BCUT2D eigenvalue weighted by molar-refractivity contribution is -0.137. The van der Waals surface area contributed by atoms with Crippen molar-refractivity contribution in [2.24, 2.45) is 0 Å². The molecule has 1 aliphatic carbocycles. The lowest BCUT2D eigenvalue weighted by Gasteiger charge is -2.40. The number of aromatic nitrogens is 1. The van der Waals surface area contributed by atoms with Crippen LogP contribution in [0.4, 0.5) is 13.2 Å². The number of nitrogens with one attached hydrogen (secondary N) is 2. The van der Waals surface area contributed by atoms with Crippen molar-refractivity contribution >= 4 is 22.7 Å². The number of pyridine rings is 1. The molecular weight excluding hydrogens is 509 g/mol. The van der Waals surface area contributed by atoms with Gasteiger partial charge in [-0.15, -0.1) is 0 Å². The predicted octanol–water partition coefficient (Wildman–Crippen LogP) is 4.00. The zero-order chi connectivity index (χ0) is 27.6. The van der Waals surface area contributed by atoms with E-state index in [9.17, 15) is 27.9 Å². The highest BCUT2D eigenvalue weighted by molar-refractivity contribution is 5.96. The number of halogens is 3. The minimum Gasteiger partial charge on any atom is -0.385 e. The topological polar surface area (TPSA) is 94.6 Å². The fourth-order valence-corrected chi connectivity index (χ4v) is 5.83. The Hall–Kier alpha value is -3.50. The SMILES string of the molecule is O=C(CNC(=O)c1cccc(C(F)(F)F)c1)N[C@@H]1CCN(C2CCC(O)(c3ccnc4ccccc34)CC2)C1. The van der Waals surface area contributed by atoms with Crippen molar-refractivity contribution in [3.05, 3.63) is 77.5 Å². The molecule has 3 aromatic rings. The molecule has 0 spiro atoms. The largest absolute Gasteiger partial charge is 0.416 e. The summed E-state index contributed by atoms with van der Waals surface area (Å²) in [6.45, 7) is 1.18. The fourth-order valence-electron chi connectivity index (χ4n) is 5.83. The molecule has 1 saturated carbocycles. The Labute approximate surface area is 224 Å². The third kappa shape index (κ3) is 6.07. The number of aliphatic hydroxyl groups is 1. The van der Waals surface area contributed by atoms with Crippen molar-refractivity contribution < 1.29 is 27.9 Å². The number of alkyl halides is 3. The fraction of sp³-hybridized carbons (Fsp3) is 0.414. The number of carbonyl (C=O) groups is 2. The van der Waals surface area contributed by atoms with E-state index in [0.717, 1.165) is 60.5 Å². The summed E-state index contributed by atoms with van der Waals surface area (Å²) in [5, 5.41) is 17.8. The zero-order valence-corrected chi connectivity index (χ0v) is 21.4. The Morgan fingerprint density at radius 1 is 1.05 bits per heavy atom. The maximum absolute atomic E-state index is 12.9. The summed E-state index contributed by atoms with van der Waals surface area (Å²) in [5.41, 5.74) is -0.174. The van der Waals surface area contributed by atoms with Crippen molar-refractivity contribution in [1.82, 2.24) is 20.5 Å². The maximum atomic E-state index is 12.9. The average Bonchev–Trinajstić information content (AvgIpc) is 3.39. The standard InChI is InChI=1S/C29H31F3N4O3/c30-29(31,32)20-5-3-4-19(16-20)27(38)34-17-26(37)35-21-11-15-36(18-21)22-8-12-28(39,13-9-22)24-10-14-33-25-7-2-1-6-23(24)25/h1-7,10,14,16,21-22,39H,8-9,11-13,15,17-18H2,(H,34,38)(H,35,37)/t21-,22?,28?/m1/s1. The van der Waals surface area contributed by atoms with Gasteiger partial charge in [0.05, 0.1) is 23.2 Å². The number of likely N-dealkylation sites (tertiary alicyclic amines) is 1. The van der Waals surface area contributed by atoms with E-state index in [1.807, 2.05) is 30.3 Å². The molecule has 206 valence electrons. The van der Waals surface area contributed by atoms with Crippen LogP contribution >= 0.6 is 0 Å². The van der Waals surface area contributed by atoms with Crippen molar-refractivity contribution in [3.63, 3.8) is 0 Å². The summed E-state index contributed by atoms with van der Waals surface area (Å²) >= 11 is 0. The van der Waals surface area contributed by atoms with E-state index in [1.54, 1.807) is 6.20 Å². The summed E-state index contributed by atoms with van der Waals surface area (Å²) in [4.78, 5) is 31.4. The predicted molar refractivity (Wildman–Crippen MR) is 140 cm³/mol. The van der Waals surface area contributed by atoms with Crippen LogP contribution in [0.1, 0.15) is 53.6 Å². The highest BCUT2D eigenvalue weighted by atomic mass is 19.4. The van der Waals surface area contributed by atoms with Crippen LogP contribution in [-0.4, -0.2) is 58.5 Å². The number of hydrogen-bond donors (Lipinski definition) is 3. The van der Waals surface area contributed by atoms with E-state index in [1.165, 1.54) is 6.07 Å². The van der Waals surface area contributed by atoms with Crippen molar-refractivity contribution in [1.29, 1.82) is 0 Å². The van der Waals surface area contributed by atoms with Gasteiger partial charge in [0.15, 0.2) is 0 Å². The number of nitrogens with zero attached hydrogens (tertiary/aromatic N) is 2. The second-order valence-electron chi connectivity index (χ2n) is 10.4. The van der Waals surface area contributed by atoms with Crippen LogP contribution in [0.5, 0.6) is 0 Å². The van der Waals surface area contributed by atoms with Gasteiger partial charge < -0.3 is 15.7 Å². The van der Waals surface area contributed by atoms with Crippen molar-refractivity contribution in [2.75, 3.05) is 19.6 Å². The van der Waals surface area contributed by atoms with Gasteiger partial charge in [-0.25, -0.2) is 0 Å². The van der Waals surface area contributed by atoms with Crippen LogP contribution in [0, 0.1) is 0 Å². The van der Waals surface area contributed by atoms with Gasteiger partial charge in [0.1, 0.15) is 0 Å². The molecule has 3 N–H and O–H groups in total. The Bertz CT molecular complexity index is 1350. The smallest absolute Gasteiger partial charge is 0.385 e. The minimum absolute atomic E-state index is 0.0760. The van der Waals surface area contributed by atoms with Crippen molar-refractivity contribution in [2.45, 2.75) is 56.0 Å². The first kappa shape index (κ1) is 27.1. The first-order valence-corrected chi connectivity index (χ1v) is 13.2. The molecule has 2 aromatic carbocycles. The number of benzene rings is 2. The normalized spacial score (nSPS) is 24.0. The Kier molecular flexibility index (Phi) is 7.59. The van der Waals surface area contributed by atoms with E-state index in [4.69, 9.17) is 0 Å². The minimum atomic E-state index is -4.55. The second kappa shape index (κ2) is 10.9. The summed E-state index contributed by atoms with van der Waals surface area (Å²) < 4.78 is 38.7. The molecular formula is C29H31F3N4O3. The Balaban J connectivity index is 1.09. The molecule has 0 radical (unpaired) electrons. The van der Waals surface area contributed by atoms with Gasteiger partial charge in [-0.05, 0) is 68.0 Å². The Morgan fingerprint density at radius 3 is 2.59 bits per heavy atom. The van der Waals surface area contributed by atoms with Gasteiger partial charge in [0.25, 0.3) is 5.91 Å². The summed E-state index contributed by atoms with van der Waals surface area (Å²) in [7, 11) is 0. The first-order chi connectivity index (χ1) is 18.6. The van der Waals surface area contributed by atoms with Crippen LogP contribution in [0.3, 0.4) is 0 Å². The quantitative estimate of drug-likeness (QED) is 0.440. The van der Waals surface area contributed by atoms with E-state index in [-0.39, 0.29) is 24.1 Å². The van der Waals surface area contributed by atoms with Crippen molar-refractivity contribution in [3.8, 4) is 0 Å². The zero-order valence-electron chi connectivity index (χ0n) is 21.4. The lowest BCUT2D eigenvalue weighted by atomic mass is 9.76. The molecule has 0 bridgehead atoms. The summed E-state index contributed by atoms with van der Waals surface area (Å²) in [5.74, 6) is -1.12. The van der Waals surface area contributed by atoms with Crippen LogP contribution in [0.15, 0.2) is 60.8 Å². The first-order valence-electron chi connectivity index (χ1n) is 13.2. The molecule has 2 aliphatic rings. The van der Waals surface area contributed by atoms with E-state index in [2.05, 4.69) is 20.5 Å². The second-order valence-corrected chi connectivity index (χ2v) is 10.4. The van der Waals surface area contributed by atoms with E-state index < -0.39 is 23.2 Å². The molecule has 5 rings (SSSR count). The molecule has 1 saturated heterocycles. The van der Waals surface area contributed by atoms with Gasteiger partial charge in [-0.3, -0.25) is 19.5 Å². The lowest BCUT2D eigenvalue weighted by Crippen LogP contribution is -2.45. The molecule has 1 aliphatic heterocycles. The van der Waals surface area contributed by atoms with Gasteiger partial charge >= 0.3 is 6.18 Å². The molecule has 1 aromatic heterocycles. The summed E-state index contributed by atoms with van der Waals surface area (Å²) in [6.07, 6.45) is 0.913. The number of hydrogen-bond acceptors (Lipinski definition) is 5. The van der Waals surface area contributed by atoms with Gasteiger partial charge in [-0.1, -0.05) is 24.3 Å². The molecule has 7 nitrogen and oxygen atoms in total. The molecule has 2 heterocycles. The van der Waals surface area contributed by atoms with E-state index in [0.29, 0.717) is 25.4 Å². The molecule has 2 amide bonds. The maximum Gasteiger partial charge on any atom is 0.416 e. The van der Waals surface area contributed by atoms with Crippen LogP contribution < -0.4 is 10.6 Å². The van der Waals surface area contributed by atoms with Crippen LogP contribution in [0.2, 0.25) is 0 Å². The highest BCUT2D eigenvalue weighted by Crippen LogP contribution is 2.41. The van der Waals surface area contributed by atoms with Gasteiger partial charge in [0.2, 0.25) is 5.91 Å². The molecule has 1 atom stereocenters. The van der Waals surface area contributed by atoms with Crippen LogP contribution in [-0.2, 0) is 16.6 Å². The third-order valence-electron chi connectivity index (χ3n) is 7.90. The Morgan fingerprint density at radius 2 is 1.82 bits per heavy atom. The third-order valence-corrected chi connectivity index (χ3v) is 7.90. The molecule has 39 heavy (non-hydrogen) atoms. The molecule has 2 fully saturated rings. The number of amides is 2. The van der Waals surface area contributed by atoms with E-state index >= 15 is 0 Å². The molecule has 10 heteroatoms. The molecule has 0 unspecified atom stereocenters. The number of fused-ring (bicyclic) bond motifs is 1. The average molecular weight is 541 g/mol. The van der Waals surface area contributed by atoms with Gasteiger partial charge in [0, 0.05) is 42.3 Å². The number of para-hydroxylation sites is 1. The monoisotopic (exact) mass is 540 g/mol. The van der Waals surface area contributed by atoms with Crippen LogP contribution in [0.25, 0.3) is 10.9 Å². The number of rotatable bonds is 6. The number of carbonyl (C=O) groups excluding carboxylic acids is 2. The highest BCUT2D eigenvalue weighted by Gasteiger charge is 2.39. The summed E-state index contributed by atoms with van der Waals surface area (Å²) in [6, 6.07) is 14.1. The van der Waals surface area contributed by atoms with Gasteiger partial charge in [-0.2, -0.15) is 13.2 Å².